The van der Waals surface area contributed by atoms with Crippen molar-refractivity contribution in [1.82, 2.24) is 16.0 Å². The smallest absolute Gasteiger partial charge is 0.326 e. The molecule has 0 aliphatic rings. The zero-order chi connectivity index (χ0) is 22.7. The second kappa shape index (κ2) is 13.4. The van der Waals surface area contributed by atoms with Gasteiger partial charge in [0.1, 0.15) is 18.1 Å². The lowest BCUT2D eigenvalue weighted by Crippen LogP contribution is -2.59. The van der Waals surface area contributed by atoms with Crippen molar-refractivity contribution >= 4 is 35.5 Å². The Bertz CT molecular complexity index is 571. The zero-order valence-corrected chi connectivity index (χ0v) is 19.0. The monoisotopic (exact) mass is 432 g/mol. The highest BCUT2D eigenvalue weighted by Crippen LogP contribution is 2.11. The number of carbonyl (C=O) groups excluding carboxylic acids is 3. The van der Waals surface area contributed by atoms with Crippen LogP contribution in [-0.4, -0.2) is 65.0 Å². The topological polar surface area (TPSA) is 151 Å². The number of carboxylic acid groups (broad SMARTS) is 1. The highest BCUT2D eigenvalue weighted by atomic mass is 32.2. The predicted molar refractivity (Wildman–Crippen MR) is 114 cm³/mol. The summed E-state index contributed by atoms with van der Waals surface area (Å²) in [5, 5.41) is 17.1. The van der Waals surface area contributed by atoms with Crippen molar-refractivity contribution in [2.75, 3.05) is 12.0 Å². The van der Waals surface area contributed by atoms with Crippen LogP contribution in [0.3, 0.4) is 0 Å². The summed E-state index contributed by atoms with van der Waals surface area (Å²) < 4.78 is 0. The van der Waals surface area contributed by atoms with Crippen LogP contribution >= 0.6 is 11.8 Å². The summed E-state index contributed by atoms with van der Waals surface area (Å²) in [5.41, 5.74) is 5.58. The number of hydrogen-bond donors (Lipinski definition) is 5. The summed E-state index contributed by atoms with van der Waals surface area (Å²) >= 11 is 1.48. The second-order valence-electron chi connectivity index (χ2n) is 7.57. The van der Waals surface area contributed by atoms with Crippen LogP contribution in [-0.2, 0) is 19.2 Å². The van der Waals surface area contributed by atoms with Gasteiger partial charge in [-0.1, -0.05) is 34.1 Å². The minimum atomic E-state index is -1.12. The number of nitrogens with one attached hydrogen (secondary N) is 3. The molecule has 0 saturated carbocycles. The molecular weight excluding hydrogens is 396 g/mol. The lowest BCUT2D eigenvalue weighted by Gasteiger charge is -2.29. The van der Waals surface area contributed by atoms with E-state index in [4.69, 9.17) is 5.73 Å². The van der Waals surface area contributed by atoms with E-state index in [2.05, 4.69) is 16.0 Å². The SMILES string of the molecule is CCC(C)C(NC(=O)C(C)N)C(=O)NC(C(=O)NC(CCSC)C(=O)O)C(C)C. The number of nitrogens with two attached hydrogens (primary N) is 1. The van der Waals surface area contributed by atoms with Crippen molar-refractivity contribution < 1.29 is 24.3 Å². The van der Waals surface area contributed by atoms with Crippen LogP contribution in [0.4, 0.5) is 0 Å². The molecule has 5 atom stereocenters. The first-order valence-electron chi connectivity index (χ1n) is 9.84. The summed E-state index contributed by atoms with van der Waals surface area (Å²) in [5.74, 6) is -2.53. The van der Waals surface area contributed by atoms with Crippen LogP contribution in [0.25, 0.3) is 0 Å². The van der Waals surface area contributed by atoms with E-state index >= 15 is 0 Å². The van der Waals surface area contributed by atoms with E-state index in [1.807, 2.05) is 20.1 Å². The van der Waals surface area contributed by atoms with Gasteiger partial charge in [-0.15, -0.1) is 0 Å². The molecule has 6 N–H and O–H groups in total. The molecule has 0 aromatic carbocycles. The maximum atomic E-state index is 12.8. The fourth-order valence-electron chi connectivity index (χ4n) is 2.52. The van der Waals surface area contributed by atoms with Gasteiger partial charge in [0.05, 0.1) is 6.04 Å². The van der Waals surface area contributed by atoms with Gasteiger partial charge in [-0.3, -0.25) is 14.4 Å². The van der Waals surface area contributed by atoms with Gasteiger partial charge in [-0.25, -0.2) is 4.79 Å². The van der Waals surface area contributed by atoms with Gasteiger partial charge in [0, 0.05) is 0 Å². The Labute approximate surface area is 177 Å². The second-order valence-corrected chi connectivity index (χ2v) is 8.56. The Hall–Kier alpha value is -1.81. The Morgan fingerprint density at radius 1 is 0.931 bits per heavy atom. The third-order valence-electron chi connectivity index (χ3n) is 4.68. The number of rotatable bonds is 13. The molecule has 5 unspecified atom stereocenters. The molecule has 0 saturated heterocycles. The van der Waals surface area contributed by atoms with E-state index in [-0.39, 0.29) is 18.3 Å². The number of thioether (sulfide) groups is 1. The van der Waals surface area contributed by atoms with E-state index in [9.17, 15) is 24.3 Å². The minimum absolute atomic E-state index is 0.179. The van der Waals surface area contributed by atoms with Crippen molar-refractivity contribution in [3.63, 3.8) is 0 Å². The standard InChI is InChI=1S/C19H36N4O5S/c1-7-11(4)15(23-16(24)12(5)20)18(26)22-14(10(2)3)17(25)21-13(19(27)28)8-9-29-6/h10-15H,7-9,20H2,1-6H3,(H,21,25)(H,22,26)(H,23,24)(H,27,28). The van der Waals surface area contributed by atoms with E-state index in [1.165, 1.54) is 18.7 Å². The molecule has 9 nitrogen and oxygen atoms in total. The molecule has 3 amide bonds. The number of amides is 3. The first-order valence-corrected chi connectivity index (χ1v) is 11.2. The molecule has 0 aliphatic carbocycles. The van der Waals surface area contributed by atoms with E-state index in [0.29, 0.717) is 12.2 Å². The van der Waals surface area contributed by atoms with Gasteiger partial charge in [-0.05, 0) is 37.2 Å². The molecule has 0 aromatic rings. The zero-order valence-electron chi connectivity index (χ0n) is 18.2. The molecule has 0 radical (unpaired) electrons. The summed E-state index contributed by atoms with van der Waals surface area (Å²) in [6.07, 6.45) is 2.76. The highest BCUT2D eigenvalue weighted by Gasteiger charge is 2.33. The molecule has 0 bridgehead atoms. The quantitative estimate of drug-likeness (QED) is 0.281. The van der Waals surface area contributed by atoms with Gasteiger partial charge in [-0.2, -0.15) is 11.8 Å². The molecule has 0 fully saturated rings. The highest BCUT2D eigenvalue weighted by molar-refractivity contribution is 7.98. The van der Waals surface area contributed by atoms with Crippen LogP contribution < -0.4 is 21.7 Å². The normalized spacial score (nSPS) is 16.3. The number of carbonyl (C=O) groups is 4. The van der Waals surface area contributed by atoms with Crippen molar-refractivity contribution in [3.05, 3.63) is 0 Å². The number of carboxylic acids is 1. The largest absolute Gasteiger partial charge is 0.480 e. The molecule has 29 heavy (non-hydrogen) atoms. The lowest BCUT2D eigenvalue weighted by molar-refractivity contribution is -0.142. The van der Waals surface area contributed by atoms with E-state index in [1.54, 1.807) is 13.8 Å². The summed E-state index contributed by atoms with van der Waals surface area (Å²) in [4.78, 5) is 48.9. The lowest BCUT2D eigenvalue weighted by atomic mass is 9.96. The Morgan fingerprint density at radius 2 is 1.45 bits per heavy atom. The van der Waals surface area contributed by atoms with Crippen molar-refractivity contribution in [1.29, 1.82) is 0 Å². The van der Waals surface area contributed by atoms with Crippen LogP contribution in [0.2, 0.25) is 0 Å². The third-order valence-corrected chi connectivity index (χ3v) is 5.32. The van der Waals surface area contributed by atoms with E-state index < -0.39 is 47.9 Å². The molecule has 0 aliphatic heterocycles. The first kappa shape index (κ1) is 27.2. The van der Waals surface area contributed by atoms with Crippen LogP contribution in [0.1, 0.15) is 47.5 Å². The molecular formula is C19H36N4O5S. The number of hydrogen-bond acceptors (Lipinski definition) is 6. The molecule has 168 valence electrons. The average Bonchev–Trinajstić information content (AvgIpc) is 2.65. The van der Waals surface area contributed by atoms with Gasteiger partial charge in [0.25, 0.3) is 0 Å². The van der Waals surface area contributed by atoms with Gasteiger partial charge >= 0.3 is 5.97 Å². The maximum Gasteiger partial charge on any atom is 0.326 e. The van der Waals surface area contributed by atoms with Gasteiger partial charge < -0.3 is 26.8 Å². The van der Waals surface area contributed by atoms with Crippen molar-refractivity contribution in [2.45, 2.75) is 71.6 Å². The molecule has 0 spiro atoms. The first-order chi connectivity index (χ1) is 13.5. The Balaban J connectivity index is 5.35. The van der Waals surface area contributed by atoms with Crippen LogP contribution in [0.5, 0.6) is 0 Å². The number of aliphatic carboxylic acids is 1. The summed E-state index contributed by atoms with van der Waals surface area (Å²) in [7, 11) is 0. The van der Waals surface area contributed by atoms with Gasteiger partial charge in [0.15, 0.2) is 0 Å². The Kier molecular flexibility index (Phi) is 12.6. The van der Waals surface area contributed by atoms with Gasteiger partial charge in [0.2, 0.25) is 17.7 Å². The van der Waals surface area contributed by atoms with Crippen LogP contribution in [0, 0.1) is 11.8 Å². The molecule has 0 heterocycles. The molecule has 10 heteroatoms. The summed E-state index contributed by atoms with van der Waals surface area (Å²) in [6, 6.07) is -3.58. The Morgan fingerprint density at radius 3 is 1.86 bits per heavy atom. The molecule has 0 rings (SSSR count). The summed E-state index contributed by atoms with van der Waals surface area (Å²) in [6.45, 7) is 8.73. The van der Waals surface area contributed by atoms with Crippen molar-refractivity contribution in [2.24, 2.45) is 17.6 Å². The van der Waals surface area contributed by atoms with Crippen LogP contribution in [0.15, 0.2) is 0 Å². The third kappa shape index (κ3) is 9.49. The maximum absolute atomic E-state index is 12.8. The average molecular weight is 433 g/mol. The predicted octanol–water partition coefficient (Wildman–Crippen LogP) is 0.328. The van der Waals surface area contributed by atoms with E-state index in [0.717, 1.165) is 0 Å². The molecule has 0 aromatic heterocycles. The fraction of sp³-hybridized carbons (Fsp3) is 0.789. The van der Waals surface area contributed by atoms with Crippen molar-refractivity contribution in [3.8, 4) is 0 Å². The minimum Gasteiger partial charge on any atom is -0.480 e. The fourth-order valence-corrected chi connectivity index (χ4v) is 2.99.